The summed E-state index contributed by atoms with van der Waals surface area (Å²) in [6, 6.07) is 3.51. The normalized spacial score (nSPS) is 11.9. The first-order valence-corrected chi connectivity index (χ1v) is 4.72. The van der Waals surface area contributed by atoms with Crippen LogP contribution in [0.4, 0.5) is 5.69 Å². The highest BCUT2D eigenvalue weighted by Gasteiger charge is 2.16. The number of non-ortho nitro benzene ring substituents is 1. The van der Waals surface area contributed by atoms with Gasteiger partial charge in [-0.05, 0) is 13.0 Å². The van der Waals surface area contributed by atoms with Gasteiger partial charge in [-0.15, -0.1) is 0 Å². The molecule has 1 amide bonds. The number of aliphatic hydroxyl groups excluding tert-OH is 1. The van der Waals surface area contributed by atoms with Crippen molar-refractivity contribution in [2.24, 2.45) is 0 Å². The molecule has 1 rings (SSSR count). The van der Waals surface area contributed by atoms with Crippen molar-refractivity contribution in [1.29, 1.82) is 0 Å². The maximum absolute atomic E-state index is 11.5. The van der Waals surface area contributed by atoms with E-state index in [-0.39, 0.29) is 16.3 Å². The molecule has 6 nitrogen and oxygen atoms in total. The summed E-state index contributed by atoms with van der Waals surface area (Å²) in [4.78, 5) is 21.3. The molecule has 16 heavy (non-hydrogen) atoms. The van der Waals surface area contributed by atoms with Gasteiger partial charge in [0.2, 0.25) is 0 Å². The van der Waals surface area contributed by atoms with Crippen LogP contribution in [0.15, 0.2) is 18.2 Å². The second-order valence-corrected chi connectivity index (χ2v) is 3.48. The molecule has 1 aromatic carbocycles. The molecule has 1 unspecified atom stereocenters. The first-order valence-electron chi connectivity index (χ1n) is 4.34. The van der Waals surface area contributed by atoms with Crippen molar-refractivity contribution in [3.05, 3.63) is 38.9 Å². The zero-order valence-electron chi connectivity index (χ0n) is 8.31. The van der Waals surface area contributed by atoms with Crippen LogP contribution in [0.3, 0.4) is 0 Å². The summed E-state index contributed by atoms with van der Waals surface area (Å²) in [6.07, 6.45) is -1.05. The fraction of sp³-hybridized carbons (Fsp3) is 0.222. The minimum Gasteiger partial charge on any atom is -0.374 e. The minimum absolute atomic E-state index is 0.0447. The van der Waals surface area contributed by atoms with Crippen molar-refractivity contribution in [3.8, 4) is 0 Å². The average Bonchev–Trinajstić information content (AvgIpc) is 2.16. The summed E-state index contributed by atoms with van der Waals surface area (Å²) >= 11 is 5.71. The zero-order chi connectivity index (χ0) is 12.3. The average molecular weight is 245 g/mol. The number of rotatable bonds is 3. The highest BCUT2D eigenvalue weighted by atomic mass is 35.5. The number of hydrogen-bond acceptors (Lipinski definition) is 4. The summed E-state index contributed by atoms with van der Waals surface area (Å²) in [5, 5.41) is 21.7. The van der Waals surface area contributed by atoms with E-state index in [9.17, 15) is 14.9 Å². The van der Waals surface area contributed by atoms with Gasteiger partial charge in [0.1, 0.15) is 6.23 Å². The highest BCUT2D eigenvalue weighted by Crippen LogP contribution is 2.21. The Balaban J connectivity index is 3.07. The van der Waals surface area contributed by atoms with Gasteiger partial charge in [0.25, 0.3) is 11.6 Å². The zero-order valence-corrected chi connectivity index (χ0v) is 9.06. The molecule has 0 fully saturated rings. The van der Waals surface area contributed by atoms with Crippen molar-refractivity contribution >= 4 is 23.2 Å². The molecule has 0 spiro atoms. The molecule has 1 aromatic rings. The molecule has 0 aromatic heterocycles. The van der Waals surface area contributed by atoms with E-state index < -0.39 is 17.1 Å². The van der Waals surface area contributed by atoms with Crippen molar-refractivity contribution in [1.82, 2.24) is 5.32 Å². The summed E-state index contributed by atoms with van der Waals surface area (Å²) < 4.78 is 0. The van der Waals surface area contributed by atoms with Crippen molar-refractivity contribution in [2.45, 2.75) is 13.2 Å². The molecular formula is C9H9ClN2O4. The van der Waals surface area contributed by atoms with E-state index in [0.29, 0.717) is 0 Å². The fourth-order valence-corrected chi connectivity index (χ4v) is 1.27. The summed E-state index contributed by atoms with van der Waals surface area (Å²) in [6.45, 7) is 1.35. The molecule has 0 aliphatic rings. The minimum atomic E-state index is -1.05. The van der Waals surface area contributed by atoms with E-state index in [0.717, 1.165) is 6.07 Å². The van der Waals surface area contributed by atoms with Crippen LogP contribution < -0.4 is 5.32 Å². The third kappa shape index (κ3) is 2.91. The number of nitro benzene ring substituents is 1. The van der Waals surface area contributed by atoms with Gasteiger partial charge in [0, 0.05) is 12.1 Å². The van der Waals surface area contributed by atoms with Gasteiger partial charge in [-0.2, -0.15) is 0 Å². The van der Waals surface area contributed by atoms with Crippen LogP contribution >= 0.6 is 11.6 Å². The number of amides is 1. The second-order valence-electron chi connectivity index (χ2n) is 3.07. The van der Waals surface area contributed by atoms with Gasteiger partial charge in [-0.3, -0.25) is 14.9 Å². The van der Waals surface area contributed by atoms with Gasteiger partial charge in [0.05, 0.1) is 15.5 Å². The van der Waals surface area contributed by atoms with E-state index in [2.05, 4.69) is 5.32 Å². The third-order valence-electron chi connectivity index (χ3n) is 1.75. The monoisotopic (exact) mass is 244 g/mol. The number of carbonyl (C=O) groups excluding carboxylic acids is 1. The SMILES string of the molecule is CC(O)NC(=O)c1cc([N+](=O)[O-])ccc1Cl. The lowest BCUT2D eigenvalue weighted by atomic mass is 10.2. The summed E-state index contributed by atoms with van der Waals surface area (Å²) in [5.74, 6) is -0.663. The number of hydrogen-bond donors (Lipinski definition) is 2. The highest BCUT2D eigenvalue weighted by molar-refractivity contribution is 6.33. The van der Waals surface area contributed by atoms with Crippen LogP contribution in [-0.2, 0) is 0 Å². The number of nitro groups is 1. The topological polar surface area (TPSA) is 92.5 Å². The Bertz CT molecular complexity index is 434. The Morgan fingerprint density at radius 1 is 1.62 bits per heavy atom. The molecule has 7 heteroatoms. The number of nitrogens with one attached hydrogen (secondary N) is 1. The maximum atomic E-state index is 11.5. The molecule has 0 saturated heterocycles. The molecule has 0 heterocycles. The van der Waals surface area contributed by atoms with Crippen molar-refractivity contribution in [3.63, 3.8) is 0 Å². The largest absolute Gasteiger partial charge is 0.374 e. The first kappa shape index (κ1) is 12.4. The Morgan fingerprint density at radius 2 is 2.25 bits per heavy atom. The van der Waals surface area contributed by atoms with Gasteiger partial charge >= 0.3 is 0 Å². The quantitative estimate of drug-likeness (QED) is 0.476. The number of nitrogens with zero attached hydrogens (tertiary/aromatic N) is 1. The predicted octanol–water partition coefficient (Wildman–Crippen LogP) is 1.32. The molecule has 0 aliphatic carbocycles. The summed E-state index contributed by atoms with van der Waals surface area (Å²) in [5.41, 5.74) is -0.281. The van der Waals surface area contributed by atoms with Gasteiger partial charge in [-0.1, -0.05) is 11.6 Å². The molecule has 2 N–H and O–H groups in total. The lowest BCUT2D eigenvalue weighted by Crippen LogP contribution is -2.32. The van der Waals surface area contributed by atoms with Crippen LogP contribution in [-0.4, -0.2) is 22.2 Å². The molecule has 0 bridgehead atoms. The van der Waals surface area contributed by atoms with Crippen LogP contribution in [0.2, 0.25) is 5.02 Å². The maximum Gasteiger partial charge on any atom is 0.270 e. The molecule has 0 aliphatic heterocycles. The summed E-state index contributed by atoms with van der Waals surface area (Å²) in [7, 11) is 0. The third-order valence-corrected chi connectivity index (χ3v) is 2.07. The van der Waals surface area contributed by atoms with E-state index in [1.165, 1.54) is 19.1 Å². The smallest absolute Gasteiger partial charge is 0.270 e. The number of carbonyl (C=O) groups is 1. The van der Waals surface area contributed by atoms with Gasteiger partial charge in [-0.25, -0.2) is 0 Å². The fourth-order valence-electron chi connectivity index (χ4n) is 1.07. The number of benzene rings is 1. The van der Waals surface area contributed by atoms with Crippen LogP contribution in [0.1, 0.15) is 17.3 Å². The van der Waals surface area contributed by atoms with Crippen LogP contribution in [0.25, 0.3) is 0 Å². The predicted molar refractivity (Wildman–Crippen MR) is 57.3 cm³/mol. The lowest BCUT2D eigenvalue weighted by Gasteiger charge is -2.08. The Morgan fingerprint density at radius 3 is 2.75 bits per heavy atom. The van der Waals surface area contributed by atoms with Crippen LogP contribution in [0.5, 0.6) is 0 Å². The van der Waals surface area contributed by atoms with E-state index >= 15 is 0 Å². The molecule has 1 atom stereocenters. The molecule has 0 radical (unpaired) electrons. The Kier molecular flexibility index (Phi) is 3.81. The molecule has 0 saturated carbocycles. The van der Waals surface area contributed by atoms with Gasteiger partial charge < -0.3 is 10.4 Å². The van der Waals surface area contributed by atoms with E-state index in [4.69, 9.17) is 16.7 Å². The van der Waals surface area contributed by atoms with Crippen molar-refractivity contribution in [2.75, 3.05) is 0 Å². The first-order chi connectivity index (χ1) is 7.41. The molecule has 86 valence electrons. The van der Waals surface area contributed by atoms with Crippen molar-refractivity contribution < 1.29 is 14.8 Å². The Hall–Kier alpha value is -1.66. The number of aliphatic hydroxyl groups is 1. The Labute approximate surface area is 96.0 Å². The second kappa shape index (κ2) is 4.91. The standard InChI is InChI=1S/C9H9ClN2O4/c1-5(13)11-9(14)7-4-6(12(15)16)2-3-8(7)10/h2-5,13H,1H3,(H,11,14). The van der Waals surface area contributed by atoms with E-state index in [1.807, 2.05) is 0 Å². The number of halogens is 1. The van der Waals surface area contributed by atoms with E-state index in [1.54, 1.807) is 0 Å². The lowest BCUT2D eigenvalue weighted by molar-refractivity contribution is -0.384. The van der Waals surface area contributed by atoms with Crippen LogP contribution in [0, 0.1) is 10.1 Å². The van der Waals surface area contributed by atoms with Gasteiger partial charge in [0.15, 0.2) is 0 Å². The molecular weight excluding hydrogens is 236 g/mol.